The molecule has 0 aromatic heterocycles. The lowest BCUT2D eigenvalue weighted by Crippen LogP contribution is -2.11. The first-order chi connectivity index (χ1) is 8.99. The minimum Gasteiger partial charge on any atom is -0.455 e. The number of thiocarbonyl (C=S) groups is 1. The van der Waals surface area contributed by atoms with Gasteiger partial charge in [0.05, 0.1) is 15.6 Å². The molecule has 0 saturated heterocycles. The molecule has 19 heavy (non-hydrogen) atoms. The van der Waals surface area contributed by atoms with Crippen molar-refractivity contribution in [2.45, 2.75) is 0 Å². The van der Waals surface area contributed by atoms with Crippen LogP contribution in [-0.4, -0.2) is 4.99 Å². The average Bonchev–Trinajstić information content (AvgIpc) is 2.32. The Morgan fingerprint density at radius 3 is 2.37 bits per heavy atom. The van der Waals surface area contributed by atoms with Crippen molar-refractivity contribution in [3.05, 3.63) is 57.0 Å². The molecule has 6 heteroatoms. The monoisotopic (exact) mass is 331 g/mol. The Bertz CT molecular complexity index is 646. The van der Waals surface area contributed by atoms with E-state index in [2.05, 4.69) is 0 Å². The fourth-order valence-electron chi connectivity index (χ4n) is 1.50. The van der Waals surface area contributed by atoms with Gasteiger partial charge in [-0.05, 0) is 30.3 Å². The van der Waals surface area contributed by atoms with Crippen molar-refractivity contribution in [2.75, 3.05) is 0 Å². The number of hydrogen-bond acceptors (Lipinski definition) is 2. The van der Waals surface area contributed by atoms with E-state index in [0.29, 0.717) is 32.1 Å². The minimum atomic E-state index is 0.158. The molecule has 2 nitrogen and oxygen atoms in total. The summed E-state index contributed by atoms with van der Waals surface area (Å²) >= 11 is 22.9. The van der Waals surface area contributed by atoms with Crippen LogP contribution in [0.4, 0.5) is 0 Å². The van der Waals surface area contributed by atoms with E-state index < -0.39 is 0 Å². The zero-order valence-corrected chi connectivity index (χ0v) is 12.6. The molecule has 0 amide bonds. The molecule has 2 rings (SSSR count). The van der Waals surface area contributed by atoms with Crippen LogP contribution in [0.1, 0.15) is 5.56 Å². The molecular formula is C13H8Cl3NOS. The predicted octanol–water partition coefficient (Wildman–Crippen LogP) is 5.07. The van der Waals surface area contributed by atoms with Crippen molar-refractivity contribution in [2.24, 2.45) is 5.73 Å². The van der Waals surface area contributed by atoms with E-state index in [0.717, 1.165) is 0 Å². The second-order valence-corrected chi connectivity index (χ2v) is 5.34. The van der Waals surface area contributed by atoms with Gasteiger partial charge in [-0.3, -0.25) is 0 Å². The predicted molar refractivity (Wildman–Crippen MR) is 83.9 cm³/mol. The van der Waals surface area contributed by atoms with Crippen LogP contribution in [0.3, 0.4) is 0 Å². The molecule has 0 aliphatic rings. The smallest absolute Gasteiger partial charge is 0.146 e. The van der Waals surface area contributed by atoms with Crippen molar-refractivity contribution in [3.63, 3.8) is 0 Å². The van der Waals surface area contributed by atoms with Gasteiger partial charge in [-0.15, -0.1) is 0 Å². The zero-order chi connectivity index (χ0) is 14.0. The lowest BCUT2D eigenvalue weighted by molar-refractivity contribution is 0.482. The Kier molecular flexibility index (Phi) is 4.53. The highest BCUT2D eigenvalue weighted by Gasteiger charge is 2.13. The summed E-state index contributed by atoms with van der Waals surface area (Å²) < 4.78 is 5.69. The third-order valence-electron chi connectivity index (χ3n) is 2.34. The quantitative estimate of drug-likeness (QED) is 0.797. The number of ether oxygens (including phenoxy) is 1. The molecule has 2 aromatic carbocycles. The highest BCUT2D eigenvalue weighted by Crippen LogP contribution is 2.35. The van der Waals surface area contributed by atoms with Crippen LogP contribution in [-0.2, 0) is 0 Å². The highest BCUT2D eigenvalue weighted by molar-refractivity contribution is 7.80. The van der Waals surface area contributed by atoms with Gasteiger partial charge in [-0.25, -0.2) is 0 Å². The van der Waals surface area contributed by atoms with Crippen molar-refractivity contribution >= 4 is 52.0 Å². The van der Waals surface area contributed by atoms with Crippen LogP contribution in [0.2, 0.25) is 15.1 Å². The van der Waals surface area contributed by atoms with Gasteiger partial charge in [0.2, 0.25) is 0 Å². The maximum absolute atomic E-state index is 6.05. The van der Waals surface area contributed by atoms with Gasteiger partial charge in [0.1, 0.15) is 16.5 Å². The molecule has 0 radical (unpaired) electrons. The summed E-state index contributed by atoms with van der Waals surface area (Å²) in [6, 6.07) is 10.1. The van der Waals surface area contributed by atoms with Crippen molar-refractivity contribution in [3.8, 4) is 11.5 Å². The van der Waals surface area contributed by atoms with Gasteiger partial charge in [0.25, 0.3) is 0 Å². The first kappa shape index (κ1) is 14.4. The van der Waals surface area contributed by atoms with E-state index in [1.54, 1.807) is 36.4 Å². The topological polar surface area (TPSA) is 35.2 Å². The van der Waals surface area contributed by atoms with E-state index >= 15 is 0 Å². The molecule has 98 valence electrons. The summed E-state index contributed by atoms with van der Waals surface area (Å²) in [5, 5.41) is 1.34. The fraction of sp³-hybridized carbons (Fsp3) is 0. The lowest BCUT2D eigenvalue weighted by atomic mass is 10.2. The number of nitrogens with two attached hydrogens (primary N) is 1. The summed E-state index contributed by atoms with van der Waals surface area (Å²) in [5.74, 6) is 0.898. The molecule has 0 atom stereocenters. The first-order valence-corrected chi connectivity index (χ1v) is 6.74. The number of hydrogen-bond donors (Lipinski definition) is 1. The van der Waals surface area contributed by atoms with Gasteiger partial charge < -0.3 is 10.5 Å². The minimum absolute atomic E-state index is 0.158. The second-order valence-electron chi connectivity index (χ2n) is 3.65. The molecule has 0 bridgehead atoms. The molecule has 2 N–H and O–H groups in total. The third kappa shape index (κ3) is 3.31. The molecule has 0 aliphatic carbocycles. The Morgan fingerprint density at radius 1 is 1.00 bits per heavy atom. The van der Waals surface area contributed by atoms with Gasteiger partial charge in [-0.2, -0.15) is 0 Å². The van der Waals surface area contributed by atoms with Crippen LogP contribution in [0.25, 0.3) is 0 Å². The Hall–Kier alpha value is -1.000. The molecule has 0 heterocycles. The van der Waals surface area contributed by atoms with Gasteiger partial charge >= 0.3 is 0 Å². The maximum Gasteiger partial charge on any atom is 0.146 e. The van der Waals surface area contributed by atoms with Crippen LogP contribution < -0.4 is 10.5 Å². The molecule has 0 saturated carbocycles. The van der Waals surface area contributed by atoms with Crippen molar-refractivity contribution in [1.82, 2.24) is 0 Å². The fourth-order valence-corrected chi connectivity index (χ4v) is 2.49. The summed E-state index contributed by atoms with van der Waals surface area (Å²) in [5.41, 5.74) is 6.12. The number of rotatable bonds is 3. The summed E-state index contributed by atoms with van der Waals surface area (Å²) in [6.45, 7) is 0. The standard InChI is InChI=1S/C13H8Cl3NOS/c14-7-4-5-10(9(16)6-7)18-11-3-1-2-8(15)12(11)13(17)19/h1-6H,(H2,17,19). The third-order valence-corrected chi connectivity index (χ3v) is 3.39. The van der Waals surface area contributed by atoms with Crippen LogP contribution in [0.5, 0.6) is 11.5 Å². The van der Waals surface area contributed by atoms with E-state index in [1.807, 2.05) is 0 Å². The van der Waals surface area contributed by atoms with E-state index in [1.165, 1.54) is 0 Å². The zero-order valence-electron chi connectivity index (χ0n) is 9.49. The van der Waals surface area contributed by atoms with E-state index in [-0.39, 0.29) is 4.99 Å². The average molecular weight is 333 g/mol. The van der Waals surface area contributed by atoms with Crippen molar-refractivity contribution in [1.29, 1.82) is 0 Å². The molecule has 0 fully saturated rings. The summed E-state index contributed by atoms with van der Waals surface area (Å²) in [6.07, 6.45) is 0. The van der Waals surface area contributed by atoms with Gasteiger partial charge in [0.15, 0.2) is 0 Å². The molecular weight excluding hydrogens is 325 g/mol. The van der Waals surface area contributed by atoms with Crippen LogP contribution in [0, 0.1) is 0 Å². The van der Waals surface area contributed by atoms with Crippen LogP contribution in [0.15, 0.2) is 36.4 Å². The summed E-state index contributed by atoms with van der Waals surface area (Å²) in [7, 11) is 0. The van der Waals surface area contributed by atoms with Gasteiger partial charge in [-0.1, -0.05) is 53.1 Å². The number of halogens is 3. The number of benzene rings is 2. The molecule has 0 unspecified atom stereocenters. The maximum atomic E-state index is 6.05. The Morgan fingerprint density at radius 2 is 1.74 bits per heavy atom. The Balaban J connectivity index is 2.44. The second kappa shape index (κ2) is 5.97. The van der Waals surface area contributed by atoms with E-state index in [9.17, 15) is 0 Å². The van der Waals surface area contributed by atoms with E-state index in [4.69, 9.17) is 57.5 Å². The van der Waals surface area contributed by atoms with Crippen LogP contribution >= 0.6 is 47.0 Å². The van der Waals surface area contributed by atoms with Gasteiger partial charge in [0, 0.05) is 5.02 Å². The largest absolute Gasteiger partial charge is 0.455 e. The SMILES string of the molecule is NC(=S)c1c(Cl)cccc1Oc1ccc(Cl)cc1Cl. The lowest BCUT2D eigenvalue weighted by Gasteiger charge is -2.12. The highest BCUT2D eigenvalue weighted by atomic mass is 35.5. The summed E-state index contributed by atoms with van der Waals surface area (Å²) in [4.78, 5) is 0.158. The normalized spacial score (nSPS) is 10.3. The first-order valence-electron chi connectivity index (χ1n) is 5.20. The Labute approximate surface area is 131 Å². The van der Waals surface area contributed by atoms with Crippen molar-refractivity contribution < 1.29 is 4.74 Å². The molecule has 2 aromatic rings. The molecule has 0 spiro atoms. The molecule has 0 aliphatic heterocycles.